The summed E-state index contributed by atoms with van der Waals surface area (Å²) in [7, 11) is 0. The number of carbonyl (C=O) groups excluding carboxylic acids is 1. The molecule has 19 heavy (non-hydrogen) atoms. The van der Waals surface area contributed by atoms with Gasteiger partial charge in [0.1, 0.15) is 10.8 Å². The number of pyridine rings is 1. The first-order valence-corrected chi connectivity index (χ1v) is 6.80. The fourth-order valence-electron chi connectivity index (χ4n) is 1.67. The molecule has 1 aromatic carbocycles. The second-order valence-corrected chi connectivity index (χ2v) is 5.15. The van der Waals surface area contributed by atoms with Crippen LogP contribution in [0, 0.1) is 0 Å². The van der Waals surface area contributed by atoms with Crippen LogP contribution in [0.5, 0.6) is 0 Å². The zero-order valence-electron chi connectivity index (χ0n) is 9.67. The molecular formula is C14H8ClNO2S. The van der Waals surface area contributed by atoms with Gasteiger partial charge in [0.2, 0.25) is 0 Å². The molecule has 0 radical (unpaired) electrons. The van der Waals surface area contributed by atoms with Crippen molar-refractivity contribution in [2.45, 2.75) is 5.03 Å². The molecule has 0 fully saturated rings. The maximum absolute atomic E-state index is 12.0. The first kappa shape index (κ1) is 12.3. The highest BCUT2D eigenvalue weighted by Gasteiger charge is 2.20. The predicted molar refractivity (Wildman–Crippen MR) is 74.9 cm³/mol. The highest BCUT2D eigenvalue weighted by Crippen LogP contribution is 2.31. The first-order valence-electron chi connectivity index (χ1n) is 5.54. The molecule has 0 N–H and O–H groups in total. The van der Waals surface area contributed by atoms with E-state index in [-0.39, 0.29) is 0 Å². The van der Waals surface area contributed by atoms with Crippen molar-refractivity contribution in [3.05, 3.63) is 64.2 Å². The molecule has 0 saturated heterocycles. The van der Waals surface area contributed by atoms with Crippen LogP contribution in [-0.4, -0.2) is 11.0 Å². The van der Waals surface area contributed by atoms with Gasteiger partial charge >= 0.3 is 5.97 Å². The summed E-state index contributed by atoms with van der Waals surface area (Å²) in [4.78, 5) is 16.2. The lowest BCUT2D eigenvalue weighted by molar-refractivity contribution is 0.0689. The lowest BCUT2D eigenvalue weighted by atomic mass is 10.2. The zero-order chi connectivity index (χ0) is 13.2. The molecular weight excluding hydrogens is 282 g/mol. The smallest absolute Gasteiger partial charge is 0.346 e. The van der Waals surface area contributed by atoms with Crippen molar-refractivity contribution in [1.29, 1.82) is 0 Å². The number of esters is 1. The minimum atomic E-state index is -0.394. The van der Waals surface area contributed by atoms with Gasteiger partial charge in [0.15, 0.2) is 0 Å². The number of hydrogen-bond acceptors (Lipinski definition) is 4. The Bertz CT molecular complexity index is 667. The number of fused-ring (bicyclic) bond motifs is 1. The molecule has 0 unspecified atom stereocenters. The molecule has 0 saturated carbocycles. The zero-order valence-corrected chi connectivity index (χ0v) is 11.2. The number of carbonyl (C=O) groups is 1. The molecule has 0 atom stereocenters. The largest absolute Gasteiger partial charge is 0.422 e. The predicted octanol–water partition coefficient (Wildman–Crippen LogP) is 4.00. The Morgan fingerprint density at radius 1 is 1.16 bits per heavy atom. The molecule has 0 spiro atoms. The number of rotatable bonds is 1. The molecule has 3 nitrogen and oxygen atoms in total. The normalized spacial score (nSPS) is 14.2. The first-order chi connectivity index (χ1) is 9.24. The van der Waals surface area contributed by atoms with E-state index in [0.717, 1.165) is 5.56 Å². The van der Waals surface area contributed by atoms with Gasteiger partial charge in [0.05, 0.1) is 5.56 Å². The van der Waals surface area contributed by atoms with Crippen molar-refractivity contribution in [3.63, 3.8) is 0 Å². The molecule has 0 aliphatic carbocycles. The highest BCUT2D eigenvalue weighted by molar-refractivity contribution is 8.02. The van der Waals surface area contributed by atoms with E-state index in [1.165, 1.54) is 11.8 Å². The van der Waals surface area contributed by atoms with Crippen molar-refractivity contribution in [3.8, 4) is 0 Å². The van der Waals surface area contributed by atoms with Gasteiger partial charge in [-0.05, 0) is 36.4 Å². The average molecular weight is 290 g/mol. The minimum absolute atomic E-state index is 0.394. The van der Waals surface area contributed by atoms with Crippen molar-refractivity contribution in [1.82, 2.24) is 4.98 Å². The molecule has 0 bridgehead atoms. The van der Waals surface area contributed by atoms with E-state index in [9.17, 15) is 4.79 Å². The number of benzene rings is 1. The average Bonchev–Trinajstić information content (AvgIpc) is 2.60. The molecule has 2 aromatic rings. The summed E-state index contributed by atoms with van der Waals surface area (Å²) in [6, 6.07) is 10.6. The topological polar surface area (TPSA) is 39.2 Å². The second-order valence-electron chi connectivity index (χ2n) is 3.85. The van der Waals surface area contributed by atoms with Gasteiger partial charge in [-0.15, -0.1) is 0 Å². The number of aromatic nitrogens is 1. The number of ether oxygens (including phenoxy) is 1. The molecule has 5 heteroatoms. The van der Waals surface area contributed by atoms with Crippen LogP contribution in [0.15, 0.2) is 53.0 Å². The van der Waals surface area contributed by atoms with Gasteiger partial charge in [0.25, 0.3) is 0 Å². The monoisotopic (exact) mass is 289 g/mol. The quantitative estimate of drug-likeness (QED) is 0.744. The third kappa shape index (κ3) is 2.50. The molecule has 0 amide bonds. The van der Waals surface area contributed by atoms with E-state index in [0.29, 0.717) is 21.4 Å². The van der Waals surface area contributed by atoms with Crippen molar-refractivity contribution in [2.75, 3.05) is 0 Å². The van der Waals surface area contributed by atoms with Crippen LogP contribution in [0.2, 0.25) is 5.02 Å². The Labute approximate surface area is 119 Å². The van der Waals surface area contributed by atoms with Crippen LogP contribution < -0.4 is 0 Å². The summed E-state index contributed by atoms with van der Waals surface area (Å²) in [6.45, 7) is 0. The standard InChI is InChI=1S/C14H8ClNO2S/c15-10-5-3-9(4-6-10)12-8-19-13-11(14(17)18-12)2-1-7-16-13/h1-8H. The van der Waals surface area contributed by atoms with Crippen LogP contribution >= 0.6 is 23.4 Å². The summed E-state index contributed by atoms with van der Waals surface area (Å²) in [5, 5.41) is 3.07. The number of cyclic esters (lactones) is 1. The Hall–Kier alpha value is -1.78. The summed E-state index contributed by atoms with van der Waals surface area (Å²) < 4.78 is 5.38. The maximum Gasteiger partial charge on any atom is 0.346 e. The number of halogens is 1. The molecule has 1 aliphatic rings. The Balaban J connectivity index is 1.97. The van der Waals surface area contributed by atoms with Crippen LogP contribution in [0.4, 0.5) is 0 Å². The van der Waals surface area contributed by atoms with Gasteiger partial charge in [-0.25, -0.2) is 9.78 Å². The lowest BCUT2D eigenvalue weighted by Gasteiger charge is -2.06. The van der Waals surface area contributed by atoms with Crippen LogP contribution in [-0.2, 0) is 4.74 Å². The van der Waals surface area contributed by atoms with E-state index in [2.05, 4.69) is 4.98 Å². The van der Waals surface area contributed by atoms with Gasteiger partial charge in [-0.2, -0.15) is 0 Å². The molecule has 3 rings (SSSR count). The van der Waals surface area contributed by atoms with E-state index < -0.39 is 5.97 Å². The van der Waals surface area contributed by atoms with Crippen molar-refractivity contribution in [2.24, 2.45) is 0 Å². The van der Waals surface area contributed by atoms with Gasteiger partial charge in [0, 0.05) is 22.2 Å². The Kier molecular flexibility index (Phi) is 3.27. The van der Waals surface area contributed by atoms with Crippen LogP contribution in [0.25, 0.3) is 5.76 Å². The number of nitrogens with zero attached hydrogens (tertiary/aromatic N) is 1. The molecule has 1 aliphatic heterocycles. The van der Waals surface area contributed by atoms with Gasteiger partial charge in [-0.1, -0.05) is 23.4 Å². The van der Waals surface area contributed by atoms with Crippen molar-refractivity contribution < 1.29 is 9.53 Å². The summed E-state index contributed by atoms with van der Waals surface area (Å²) in [5.74, 6) is 0.110. The van der Waals surface area contributed by atoms with E-state index in [1.807, 2.05) is 12.1 Å². The SMILES string of the molecule is O=C1OC(c2ccc(Cl)cc2)=CSc2ncccc21. The third-order valence-electron chi connectivity index (χ3n) is 2.60. The minimum Gasteiger partial charge on any atom is -0.422 e. The number of thioether (sulfide) groups is 1. The van der Waals surface area contributed by atoms with Gasteiger partial charge in [-0.3, -0.25) is 0 Å². The molecule has 1 aromatic heterocycles. The Morgan fingerprint density at radius 2 is 1.95 bits per heavy atom. The fourth-order valence-corrected chi connectivity index (χ4v) is 2.60. The third-order valence-corrected chi connectivity index (χ3v) is 3.73. The van der Waals surface area contributed by atoms with Gasteiger partial charge < -0.3 is 4.74 Å². The molecule has 2 heterocycles. The van der Waals surface area contributed by atoms with Crippen LogP contribution in [0.1, 0.15) is 15.9 Å². The maximum atomic E-state index is 12.0. The van der Waals surface area contributed by atoms with Crippen LogP contribution in [0.3, 0.4) is 0 Å². The molecule has 94 valence electrons. The van der Waals surface area contributed by atoms with Crippen molar-refractivity contribution >= 4 is 35.1 Å². The number of hydrogen-bond donors (Lipinski definition) is 0. The van der Waals surface area contributed by atoms with E-state index in [1.54, 1.807) is 35.9 Å². The second kappa shape index (κ2) is 5.07. The summed E-state index contributed by atoms with van der Waals surface area (Å²) >= 11 is 7.21. The Morgan fingerprint density at radius 3 is 2.74 bits per heavy atom. The lowest BCUT2D eigenvalue weighted by Crippen LogP contribution is -2.04. The van der Waals surface area contributed by atoms with E-state index in [4.69, 9.17) is 16.3 Å². The summed E-state index contributed by atoms with van der Waals surface area (Å²) in [5.41, 5.74) is 1.28. The van der Waals surface area contributed by atoms with E-state index >= 15 is 0 Å². The highest BCUT2D eigenvalue weighted by atomic mass is 35.5. The fraction of sp³-hybridized carbons (Fsp3) is 0. The summed E-state index contributed by atoms with van der Waals surface area (Å²) in [6.07, 6.45) is 1.65.